The molecule has 0 heterocycles. The molecule has 0 radical (unpaired) electrons. The van der Waals surface area contributed by atoms with Crippen LogP contribution in [0.1, 0.15) is 18.1 Å². The number of amides is 1. The van der Waals surface area contributed by atoms with E-state index in [1.54, 1.807) is 7.11 Å². The third-order valence-electron chi connectivity index (χ3n) is 3.44. The van der Waals surface area contributed by atoms with Crippen LogP contribution in [0.5, 0.6) is 5.75 Å². The third-order valence-corrected chi connectivity index (χ3v) is 3.44. The fourth-order valence-corrected chi connectivity index (χ4v) is 2.03. The van der Waals surface area contributed by atoms with Crippen molar-refractivity contribution in [1.29, 1.82) is 0 Å². The molecule has 0 saturated carbocycles. The lowest BCUT2D eigenvalue weighted by molar-refractivity contribution is -0.119. The Morgan fingerprint density at radius 1 is 1.13 bits per heavy atom. The zero-order valence-corrected chi connectivity index (χ0v) is 13.6. The zero-order chi connectivity index (χ0) is 16.7. The molecule has 2 N–H and O–H groups in total. The summed E-state index contributed by atoms with van der Waals surface area (Å²) in [7, 11) is 1.62. The standard InChI is InChI=1S/C18H21N3O2/c1-13-6-4-5-7-17(13)19-12-18(22)21-20-14(2)15-8-10-16(23-3)11-9-15/h4-11,19H,12H2,1-3H3,(H,21,22)/b20-14+. The second-order valence-corrected chi connectivity index (χ2v) is 5.13. The van der Waals surface area contributed by atoms with Gasteiger partial charge in [-0.2, -0.15) is 5.10 Å². The maximum atomic E-state index is 11.9. The van der Waals surface area contributed by atoms with Gasteiger partial charge in [-0.25, -0.2) is 5.43 Å². The van der Waals surface area contributed by atoms with Crippen molar-refractivity contribution < 1.29 is 9.53 Å². The average molecular weight is 311 g/mol. The van der Waals surface area contributed by atoms with Crippen LogP contribution in [0.3, 0.4) is 0 Å². The number of nitrogens with one attached hydrogen (secondary N) is 2. The van der Waals surface area contributed by atoms with Gasteiger partial charge < -0.3 is 10.1 Å². The molecular weight excluding hydrogens is 290 g/mol. The Kier molecular flexibility index (Phi) is 5.74. The van der Waals surface area contributed by atoms with Gasteiger partial charge in [0.15, 0.2) is 0 Å². The molecule has 5 nitrogen and oxygen atoms in total. The molecule has 0 bridgehead atoms. The topological polar surface area (TPSA) is 62.7 Å². The highest BCUT2D eigenvalue weighted by atomic mass is 16.5. The molecule has 0 aliphatic rings. The summed E-state index contributed by atoms with van der Waals surface area (Å²) in [5.41, 5.74) is 6.26. The van der Waals surface area contributed by atoms with Gasteiger partial charge in [0.25, 0.3) is 5.91 Å². The molecule has 0 saturated heterocycles. The number of carbonyl (C=O) groups excluding carboxylic acids is 1. The van der Waals surface area contributed by atoms with Crippen molar-refractivity contribution in [3.63, 3.8) is 0 Å². The number of rotatable bonds is 6. The molecule has 0 atom stereocenters. The second-order valence-electron chi connectivity index (χ2n) is 5.13. The number of methoxy groups -OCH3 is 1. The predicted octanol–water partition coefficient (Wildman–Crippen LogP) is 2.96. The Morgan fingerprint density at radius 3 is 2.48 bits per heavy atom. The zero-order valence-electron chi connectivity index (χ0n) is 13.6. The summed E-state index contributed by atoms with van der Waals surface area (Å²) < 4.78 is 5.11. The maximum Gasteiger partial charge on any atom is 0.259 e. The quantitative estimate of drug-likeness (QED) is 0.637. The van der Waals surface area contributed by atoms with Gasteiger partial charge in [-0.1, -0.05) is 18.2 Å². The monoisotopic (exact) mass is 311 g/mol. The number of benzene rings is 2. The number of anilines is 1. The Labute approximate surface area is 136 Å². The minimum absolute atomic E-state index is 0.171. The summed E-state index contributed by atoms with van der Waals surface area (Å²) in [4.78, 5) is 11.9. The fourth-order valence-electron chi connectivity index (χ4n) is 2.03. The summed E-state index contributed by atoms with van der Waals surface area (Å²) in [5.74, 6) is 0.592. The molecule has 2 aromatic rings. The molecule has 2 rings (SSSR count). The van der Waals surface area contributed by atoms with Gasteiger partial charge >= 0.3 is 0 Å². The molecule has 0 fully saturated rings. The lowest BCUT2D eigenvalue weighted by Crippen LogP contribution is -2.27. The summed E-state index contributed by atoms with van der Waals surface area (Å²) >= 11 is 0. The molecule has 0 aliphatic carbocycles. The summed E-state index contributed by atoms with van der Waals surface area (Å²) in [6, 6.07) is 15.3. The van der Waals surface area contributed by atoms with E-state index in [9.17, 15) is 4.79 Å². The number of hydrogen-bond donors (Lipinski definition) is 2. The molecule has 5 heteroatoms. The van der Waals surface area contributed by atoms with Gasteiger partial charge in [-0.05, 0) is 55.3 Å². The van der Waals surface area contributed by atoms with Crippen LogP contribution in [-0.2, 0) is 4.79 Å². The van der Waals surface area contributed by atoms with Gasteiger partial charge in [0.1, 0.15) is 5.75 Å². The number of para-hydroxylation sites is 1. The van der Waals surface area contributed by atoms with Crippen LogP contribution in [-0.4, -0.2) is 25.3 Å². The molecule has 1 amide bonds. The van der Waals surface area contributed by atoms with Crippen molar-refractivity contribution >= 4 is 17.3 Å². The molecule has 2 aromatic carbocycles. The smallest absolute Gasteiger partial charge is 0.259 e. The van der Waals surface area contributed by atoms with Crippen molar-refractivity contribution in [2.24, 2.45) is 5.10 Å². The van der Waals surface area contributed by atoms with Crippen molar-refractivity contribution in [1.82, 2.24) is 5.43 Å². The highest BCUT2D eigenvalue weighted by molar-refractivity contribution is 5.99. The molecule has 120 valence electrons. The Balaban J connectivity index is 1.88. The molecule has 23 heavy (non-hydrogen) atoms. The van der Waals surface area contributed by atoms with Crippen molar-refractivity contribution in [3.05, 3.63) is 59.7 Å². The maximum absolute atomic E-state index is 11.9. The third kappa shape index (κ3) is 4.85. The number of nitrogens with zero attached hydrogens (tertiary/aromatic N) is 1. The van der Waals surface area contributed by atoms with Crippen LogP contribution in [0.15, 0.2) is 53.6 Å². The Morgan fingerprint density at radius 2 is 1.83 bits per heavy atom. The second kappa shape index (κ2) is 7.98. The molecule has 0 aliphatic heterocycles. The number of aryl methyl sites for hydroxylation is 1. The van der Waals surface area contributed by atoms with Crippen molar-refractivity contribution in [2.75, 3.05) is 19.0 Å². The van der Waals surface area contributed by atoms with Gasteiger partial charge in [0.2, 0.25) is 0 Å². The van der Waals surface area contributed by atoms with E-state index in [1.807, 2.05) is 62.4 Å². The lowest BCUT2D eigenvalue weighted by atomic mass is 10.1. The van der Waals surface area contributed by atoms with E-state index >= 15 is 0 Å². The molecule has 0 unspecified atom stereocenters. The van der Waals surface area contributed by atoms with Crippen LogP contribution in [0, 0.1) is 6.92 Å². The summed E-state index contributed by atoms with van der Waals surface area (Å²) in [6.45, 7) is 4.01. The van der Waals surface area contributed by atoms with Crippen LogP contribution >= 0.6 is 0 Å². The summed E-state index contributed by atoms with van der Waals surface area (Å²) in [6.07, 6.45) is 0. The van der Waals surface area contributed by atoms with E-state index in [4.69, 9.17) is 4.74 Å². The van der Waals surface area contributed by atoms with Gasteiger partial charge in [-0.3, -0.25) is 4.79 Å². The van der Waals surface area contributed by atoms with Crippen LogP contribution < -0.4 is 15.5 Å². The first-order valence-electron chi connectivity index (χ1n) is 7.37. The minimum Gasteiger partial charge on any atom is -0.497 e. The highest BCUT2D eigenvalue weighted by Gasteiger charge is 2.03. The normalized spacial score (nSPS) is 11.0. The first-order chi connectivity index (χ1) is 11.1. The van der Waals surface area contributed by atoms with E-state index in [0.29, 0.717) is 0 Å². The number of hydrazone groups is 1. The van der Waals surface area contributed by atoms with Gasteiger partial charge in [0, 0.05) is 5.69 Å². The fraction of sp³-hybridized carbons (Fsp3) is 0.222. The SMILES string of the molecule is COc1ccc(/C(C)=N/NC(=O)CNc2ccccc2C)cc1. The number of hydrogen-bond acceptors (Lipinski definition) is 4. The highest BCUT2D eigenvalue weighted by Crippen LogP contribution is 2.13. The van der Waals surface area contributed by atoms with E-state index in [2.05, 4.69) is 15.8 Å². The van der Waals surface area contributed by atoms with E-state index < -0.39 is 0 Å². The van der Waals surface area contributed by atoms with E-state index in [1.165, 1.54) is 0 Å². The molecular formula is C18H21N3O2. The van der Waals surface area contributed by atoms with Crippen LogP contribution in [0.25, 0.3) is 0 Å². The van der Waals surface area contributed by atoms with Crippen molar-refractivity contribution in [3.8, 4) is 5.75 Å². The first kappa shape index (κ1) is 16.5. The van der Waals surface area contributed by atoms with Crippen LogP contribution in [0.4, 0.5) is 5.69 Å². The van der Waals surface area contributed by atoms with Crippen molar-refractivity contribution in [2.45, 2.75) is 13.8 Å². The first-order valence-corrected chi connectivity index (χ1v) is 7.37. The predicted molar refractivity (Wildman–Crippen MR) is 93.0 cm³/mol. The van der Waals surface area contributed by atoms with Crippen LogP contribution in [0.2, 0.25) is 0 Å². The Hall–Kier alpha value is -2.82. The average Bonchev–Trinajstić information content (AvgIpc) is 2.59. The molecule has 0 spiro atoms. The number of ether oxygens (including phenoxy) is 1. The summed E-state index contributed by atoms with van der Waals surface area (Å²) in [5, 5.41) is 7.21. The Bertz CT molecular complexity index is 694. The molecule has 0 aromatic heterocycles. The largest absolute Gasteiger partial charge is 0.497 e. The van der Waals surface area contributed by atoms with Gasteiger partial charge in [0.05, 0.1) is 19.4 Å². The van der Waals surface area contributed by atoms with E-state index in [-0.39, 0.29) is 12.5 Å². The minimum atomic E-state index is -0.193. The lowest BCUT2D eigenvalue weighted by Gasteiger charge is -2.08. The van der Waals surface area contributed by atoms with Gasteiger partial charge in [-0.15, -0.1) is 0 Å². The number of carbonyl (C=O) groups is 1. The van der Waals surface area contributed by atoms with E-state index in [0.717, 1.165) is 28.3 Å².